The molecule has 1 heterocycles. The van der Waals surface area contributed by atoms with Gasteiger partial charge in [0.2, 0.25) is 0 Å². The zero-order valence-electron chi connectivity index (χ0n) is 15.3. The second kappa shape index (κ2) is 8.39. The Morgan fingerprint density at radius 3 is 2.28 bits per heavy atom. The van der Waals surface area contributed by atoms with E-state index in [1.165, 1.54) is 12.1 Å². The second-order valence-electron chi connectivity index (χ2n) is 6.33. The van der Waals surface area contributed by atoms with Gasteiger partial charge in [-0.1, -0.05) is 47.6 Å². The number of carbonyl (C=O) groups is 1. The molecule has 1 amide bonds. The maximum Gasteiger partial charge on any atom is 0.273 e. The molecule has 0 aliphatic carbocycles. The Bertz CT molecular complexity index is 1090. The Morgan fingerprint density at radius 2 is 1.59 bits per heavy atom. The van der Waals surface area contributed by atoms with Crippen molar-refractivity contribution in [2.24, 2.45) is 0 Å². The molecular weight excluding hydrogens is 371 g/mol. The van der Waals surface area contributed by atoms with Crippen molar-refractivity contribution in [2.45, 2.75) is 6.54 Å². The zero-order valence-corrected chi connectivity index (χ0v) is 15.3. The van der Waals surface area contributed by atoms with Gasteiger partial charge in [-0.3, -0.25) is 4.79 Å². The normalized spacial score (nSPS) is 10.5. The number of hydrogen-bond donors (Lipinski definition) is 1. The fourth-order valence-electron chi connectivity index (χ4n) is 2.71. The highest BCUT2D eigenvalue weighted by Crippen LogP contribution is 2.22. The summed E-state index contributed by atoms with van der Waals surface area (Å²) in [5.74, 6) is 1.08. The predicted octanol–water partition coefficient (Wildman–Crippen LogP) is 5.20. The zero-order chi connectivity index (χ0) is 20.1. The standard InChI is InChI=1S/C23H17FN2O3/c24-18-8-12-20(13-9-18)28-19-10-6-16(7-11-19)15-25-23(27)21-14-22(29-26-21)17-4-2-1-3-5-17/h1-14H,15H2,(H,25,27). The minimum Gasteiger partial charge on any atom is -0.457 e. The van der Waals surface area contributed by atoms with Crippen LogP contribution in [0, 0.1) is 5.82 Å². The van der Waals surface area contributed by atoms with Crippen molar-refractivity contribution in [1.29, 1.82) is 0 Å². The summed E-state index contributed by atoms with van der Waals surface area (Å²) in [5, 5.41) is 6.65. The van der Waals surface area contributed by atoms with E-state index in [0.717, 1.165) is 11.1 Å². The Labute approximate surface area is 166 Å². The van der Waals surface area contributed by atoms with E-state index in [1.54, 1.807) is 30.3 Å². The highest BCUT2D eigenvalue weighted by atomic mass is 19.1. The molecule has 0 unspecified atom stereocenters. The number of carbonyl (C=O) groups excluding carboxylic acids is 1. The van der Waals surface area contributed by atoms with Crippen molar-refractivity contribution < 1.29 is 18.4 Å². The number of nitrogens with one attached hydrogen (secondary N) is 1. The molecule has 0 bridgehead atoms. The van der Waals surface area contributed by atoms with E-state index in [1.807, 2.05) is 42.5 Å². The molecule has 0 aliphatic rings. The van der Waals surface area contributed by atoms with Crippen molar-refractivity contribution in [3.63, 3.8) is 0 Å². The van der Waals surface area contributed by atoms with Crippen molar-refractivity contribution in [2.75, 3.05) is 0 Å². The van der Waals surface area contributed by atoms with Gasteiger partial charge in [-0.15, -0.1) is 0 Å². The average Bonchev–Trinajstić information content (AvgIpc) is 3.26. The molecule has 5 nitrogen and oxygen atoms in total. The molecule has 0 spiro atoms. The molecule has 0 fully saturated rings. The van der Waals surface area contributed by atoms with Gasteiger partial charge in [0.15, 0.2) is 11.5 Å². The molecule has 4 rings (SSSR count). The number of hydrogen-bond acceptors (Lipinski definition) is 4. The van der Waals surface area contributed by atoms with E-state index >= 15 is 0 Å². The van der Waals surface area contributed by atoms with Crippen LogP contribution >= 0.6 is 0 Å². The average molecular weight is 388 g/mol. The maximum atomic E-state index is 12.9. The van der Waals surface area contributed by atoms with E-state index in [2.05, 4.69) is 10.5 Å². The highest BCUT2D eigenvalue weighted by molar-refractivity contribution is 5.93. The summed E-state index contributed by atoms with van der Waals surface area (Å²) >= 11 is 0. The monoisotopic (exact) mass is 388 g/mol. The summed E-state index contributed by atoms with van der Waals surface area (Å²) in [7, 11) is 0. The molecule has 4 aromatic rings. The molecule has 0 saturated heterocycles. The quantitative estimate of drug-likeness (QED) is 0.493. The Hall–Kier alpha value is -3.93. The minimum atomic E-state index is -0.317. The van der Waals surface area contributed by atoms with E-state index in [9.17, 15) is 9.18 Å². The van der Waals surface area contributed by atoms with Crippen LogP contribution < -0.4 is 10.1 Å². The smallest absolute Gasteiger partial charge is 0.273 e. The number of benzene rings is 3. The van der Waals surface area contributed by atoms with Crippen LogP contribution in [0.1, 0.15) is 16.1 Å². The molecule has 1 aromatic heterocycles. The summed E-state index contributed by atoms with van der Waals surface area (Å²) in [6, 6.07) is 24.1. The van der Waals surface area contributed by atoms with Crippen LogP contribution in [0.15, 0.2) is 89.5 Å². The van der Waals surface area contributed by atoms with Gasteiger partial charge in [-0.05, 0) is 42.0 Å². The van der Waals surface area contributed by atoms with E-state index < -0.39 is 0 Å². The molecular formula is C23H17FN2O3. The van der Waals surface area contributed by atoms with Gasteiger partial charge in [0.25, 0.3) is 5.91 Å². The summed E-state index contributed by atoms with van der Waals surface area (Å²) < 4.78 is 23.8. The lowest BCUT2D eigenvalue weighted by atomic mass is 10.1. The first-order valence-electron chi connectivity index (χ1n) is 9.00. The summed E-state index contributed by atoms with van der Waals surface area (Å²) in [5.41, 5.74) is 1.98. The van der Waals surface area contributed by atoms with Crippen LogP contribution in [0.4, 0.5) is 4.39 Å². The molecule has 1 N–H and O–H groups in total. The number of rotatable bonds is 6. The molecule has 144 valence electrons. The SMILES string of the molecule is O=C(NCc1ccc(Oc2ccc(F)cc2)cc1)c1cc(-c2ccccc2)on1. The maximum absolute atomic E-state index is 12.9. The lowest BCUT2D eigenvalue weighted by molar-refractivity contribution is 0.0942. The van der Waals surface area contributed by atoms with Gasteiger partial charge in [-0.25, -0.2) is 4.39 Å². The van der Waals surface area contributed by atoms with Crippen molar-refractivity contribution >= 4 is 5.91 Å². The Kier molecular flexibility index (Phi) is 5.33. The van der Waals surface area contributed by atoms with Crippen LogP contribution in [0.2, 0.25) is 0 Å². The fraction of sp³-hybridized carbons (Fsp3) is 0.0435. The Morgan fingerprint density at radius 1 is 0.931 bits per heavy atom. The third-order valence-electron chi connectivity index (χ3n) is 4.23. The number of amides is 1. The Balaban J connectivity index is 1.33. The predicted molar refractivity (Wildman–Crippen MR) is 106 cm³/mol. The van der Waals surface area contributed by atoms with Crippen molar-refractivity contribution in [1.82, 2.24) is 10.5 Å². The summed E-state index contributed by atoms with van der Waals surface area (Å²) in [6.45, 7) is 0.336. The van der Waals surface area contributed by atoms with Gasteiger partial charge < -0.3 is 14.6 Å². The van der Waals surface area contributed by atoms with Crippen molar-refractivity contribution in [3.8, 4) is 22.8 Å². The summed E-state index contributed by atoms with van der Waals surface area (Å²) in [4.78, 5) is 12.3. The van der Waals surface area contributed by atoms with E-state index in [-0.39, 0.29) is 17.4 Å². The van der Waals surface area contributed by atoms with Crippen LogP contribution in [-0.4, -0.2) is 11.1 Å². The topological polar surface area (TPSA) is 64.4 Å². The number of halogens is 1. The first kappa shape index (κ1) is 18.4. The largest absolute Gasteiger partial charge is 0.457 e. The van der Waals surface area contributed by atoms with Crippen LogP contribution in [0.5, 0.6) is 11.5 Å². The van der Waals surface area contributed by atoms with Gasteiger partial charge in [0, 0.05) is 18.2 Å². The lowest BCUT2D eigenvalue weighted by Gasteiger charge is -2.07. The lowest BCUT2D eigenvalue weighted by Crippen LogP contribution is -2.22. The minimum absolute atomic E-state index is 0.222. The number of ether oxygens (including phenoxy) is 1. The first-order chi connectivity index (χ1) is 14.2. The highest BCUT2D eigenvalue weighted by Gasteiger charge is 2.13. The molecule has 0 aliphatic heterocycles. The molecule has 6 heteroatoms. The van der Waals surface area contributed by atoms with Gasteiger partial charge in [0.05, 0.1) is 0 Å². The van der Waals surface area contributed by atoms with Gasteiger partial charge >= 0.3 is 0 Å². The second-order valence-corrected chi connectivity index (χ2v) is 6.33. The van der Waals surface area contributed by atoms with E-state index in [0.29, 0.717) is 23.8 Å². The third-order valence-corrected chi connectivity index (χ3v) is 4.23. The van der Waals surface area contributed by atoms with Crippen molar-refractivity contribution in [3.05, 3.63) is 102 Å². The molecule has 29 heavy (non-hydrogen) atoms. The van der Waals surface area contributed by atoms with Crippen LogP contribution in [0.25, 0.3) is 11.3 Å². The van der Waals surface area contributed by atoms with Crippen LogP contribution in [-0.2, 0) is 6.54 Å². The molecule has 0 atom stereocenters. The molecule has 0 saturated carbocycles. The third kappa shape index (κ3) is 4.68. The summed E-state index contributed by atoms with van der Waals surface area (Å²) in [6.07, 6.45) is 0. The fourth-order valence-corrected chi connectivity index (χ4v) is 2.71. The molecule has 3 aromatic carbocycles. The first-order valence-corrected chi connectivity index (χ1v) is 9.00. The van der Waals surface area contributed by atoms with Gasteiger partial charge in [0.1, 0.15) is 17.3 Å². The number of aromatic nitrogens is 1. The van der Waals surface area contributed by atoms with Crippen LogP contribution in [0.3, 0.4) is 0 Å². The van der Waals surface area contributed by atoms with Gasteiger partial charge in [-0.2, -0.15) is 0 Å². The van der Waals surface area contributed by atoms with E-state index in [4.69, 9.17) is 9.26 Å². The number of nitrogens with zero attached hydrogens (tertiary/aromatic N) is 1. The molecule has 0 radical (unpaired) electrons.